The summed E-state index contributed by atoms with van der Waals surface area (Å²) in [6.07, 6.45) is 17.1. The van der Waals surface area contributed by atoms with Crippen molar-refractivity contribution in [1.82, 2.24) is 0 Å². The number of rotatable bonds is 8. The van der Waals surface area contributed by atoms with Crippen LogP contribution in [0, 0.1) is 13.8 Å². The average Bonchev–Trinajstić information content (AvgIpc) is 3.11. The Morgan fingerprint density at radius 1 is 0.217 bits per heavy atom. The van der Waals surface area contributed by atoms with Crippen LogP contribution >= 0.6 is 0 Å². The maximum Gasteiger partial charge on any atom is -0.0256 e. The normalized spacial score (nSPS) is 11.3. The zero-order valence-electron chi connectivity index (χ0n) is 26.6. The lowest BCUT2D eigenvalue weighted by Gasteiger charge is -1.98. The molecule has 0 amide bonds. The third-order valence-corrected chi connectivity index (χ3v) is 7.50. The summed E-state index contributed by atoms with van der Waals surface area (Å²) in [6, 6.07) is 55.0. The summed E-state index contributed by atoms with van der Waals surface area (Å²) >= 11 is 0. The SMILES string of the molecule is C(=Cc1ccc(C=Cc2ccccc2)cc1)c1ccccc1.Cc1ccc(C=Cc2ccc(C=Cc3ccc(C)cc3)cc2)cc1. The van der Waals surface area contributed by atoms with Gasteiger partial charge in [0.25, 0.3) is 0 Å². The van der Waals surface area contributed by atoms with Gasteiger partial charge in [0.15, 0.2) is 0 Å². The molecule has 0 atom stereocenters. The minimum absolute atomic E-state index is 1.21. The monoisotopic (exact) mass is 592 g/mol. The van der Waals surface area contributed by atoms with Gasteiger partial charge < -0.3 is 0 Å². The van der Waals surface area contributed by atoms with Crippen molar-refractivity contribution in [1.29, 1.82) is 0 Å². The molecule has 46 heavy (non-hydrogen) atoms. The van der Waals surface area contributed by atoms with Gasteiger partial charge >= 0.3 is 0 Å². The molecular formula is C46H40. The molecule has 0 heteroatoms. The summed E-state index contributed by atoms with van der Waals surface area (Å²) in [7, 11) is 0. The van der Waals surface area contributed by atoms with Crippen LogP contribution < -0.4 is 0 Å². The van der Waals surface area contributed by atoms with Gasteiger partial charge in [0.1, 0.15) is 0 Å². The fourth-order valence-electron chi connectivity index (χ4n) is 4.69. The molecule has 0 saturated heterocycles. The molecule has 6 aromatic carbocycles. The van der Waals surface area contributed by atoms with Crippen molar-refractivity contribution < 1.29 is 0 Å². The number of benzene rings is 6. The Kier molecular flexibility index (Phi) is 11.7. The summed E-state index contributed by atoms with van der Waals surface area (Å²) in [6.45, 7) is 4.21. The topological polar surface area (TPSA) is 0 Å². The fraction of sp³-hybridized carbons (Fsp3) is 0.0435. The molecule has 0 saturated carbocycles. The van der Waals surface area contributed by atoms with Crippen molar-refractivity contribution in [2.45, 2.75) is 13.8 Å². The van der Waals surface area contributed by atoms with Gasteiger partial charge in [-0.1, -0.05) is 217 Å². The number of hydrogen-bond donors (Lipinski definition) is 0. The van der Waals surface area contributed by atoms with Crippen LogP contribution in [0.5, 0.6) is 0 Å². The second kappa shape index (κ2) is 16.9. The average molecular weight is 593 g/mol. The van der Waals surface area contributed by atoms with Crippen molar-refractivity contribution in [3.63, 3.8) is 0 Å². The predicted octanol–water partition coefficient (Wildman–Crippen LogP) is 12.7. The second-order valence-corrected chi connectivity index (χ2v) is 11.3. The molecule has 0 aromatic heterocycles. The highest BCUT2D eigenvalue weighted by Crippen LogP contribution is 2.15. The highest BCUT2D eigenvalue weighted by molar-refractivity contribution is 5.74. The van der Waals surface area contributed by atoms with E-state index in [1.807, 2.05) is 12.1 Å². The Morgan fingerprint density at radius 3 is 0.609 bits per heavy atom. The van der Waals surface area contributed by atoms with Gasteiger partial charge in [0.2, 0.25) is 0 Å². The van der Waals surface area contributed by atoms with E-state index >= 15 is 0 Å². The fourth-order valence-corrected chi connectivity index (χ4v) is 4.69. The molecule has 6 aromatic rings. The number of hydrogen-bond acceptors (Lipinski definition) is 0. The third-order valence-electron chi connectivity index (χ3n) is 7.50. The Balaban J connectivity index is 0.000000182. The van der Waals surface area contributed by atoms with E-state index < -0.39 is 0 Å². The molecule has 0 heterocycles. The van der Waals surface area contributed by atoms with Crippen LogP contribution in [-0.2, 0) is 0 Å². The van der Waals surface area contributed by atoms with E-state index in [9.17, 15) is 0 Å². The third kappa shape index (κ3) is 10.8. The molecule has 0 aliphatic rings. The summed E-state index contributed by atoms with van der Waals surface area (Å²) in [5, 5.41) is 0. The van der Waals surface area contributed by atoms with Gasteiger partial charge in [0, 0.05) is 0 Å². The van der Waals surface area contributed by atoms with Crippen molar-refractivity contribution in [2.75, 3.05) is 0 Å². The van der Waals surface area contributed by atoms with E-state index in [2.05, 4.69) is 208 Å². The van der Waals surface area contributed by atoms with E-state index in [-0.39, 0.29) is 0 Å². The van der Waals surface area contributed by atoms with Crippen LogP contribution in [-0.4, -0.2) is 0 Å². The molecule has 6 rings (SSSR count). The summed E-state index contributed by atoms with van der Waals surface area (Å²) in [5.74, 6) is 0. The minimum atomic E-state index is 1.21. The Morgan fingerprint density at radius 2 is 0.391 bits per heavy atom. The standard InChI is InChI=1S/C24H22.C22H18/c1-19-3-7-21(8-4-19)11-13-23-15-17-24(18-16-23)14-12-22-9-5-20(2)6-10-22;1-3-7-19(8-4-1)11-13-21-15-17-22(18-16-21)14-12-20-9-5-2-6-10-20/h3-18H,1-2H3;1-18H. The van der Waals surface area contributed by atoms with Crippen molar-refractivity contribution >= 4 is 48.6 Å². The van der Waals surface area contributed by atoms with Gasteiger partial charge in [-0.15, -0.1) is 0 Å². The zero-order valence-corrected chi connectivity index (χ0v) is 26.6. The van der Waals surface area contributed by atoms with Gasteiger partial charge in [-0.05, 0) is 58.4 Å². The summed E-state index contributed by atoms with van der Waals surface area (Å²) in [4.78, 5) is 0. The molecule has 0 aliphatic carbocycles. The Hall–Kier alpha value is -5.72. The van der Waals surface area contributed by atoms with Crippen LogP contribution in [0.3, 0.4) is 0 Å². The molecule has 224 valence electrons. The van der Waals surface area contributed by atoms with Gasteiger partial charge in [-0.25, -0.2) is 0 Å². The van der Waals surface area contributed by atoms with Gasteiger partial charge in [0.05, 0.1) is 0 Å². The van der Waals surface area contributed by atoms with Gasteiger partial charge in [-0.3, -0.25) is 0 Å². The maximum atomic E-state index is 2.15. The van der Waals surface area contributed by atoms with E-state index in [1.54, 1.807) is 0 Å². The lowest BCUT2D eigenvalue weighted by atomic mass is 10.1. The Labute approximate surface area is 275 Å². The first-order valence-electron chi connectivity index (χ1n) is 15.7. The molecule has 0 aliphatic heterocycles. The predicted molar refractivity (Wildman–Crippen MR) is 204 cm³/mol. The first-order valence-corrected chi connectivity index (χ1v) is 15.7. The molecule has 0 bridgehead atoms. The molecule has 0 spiro atoms. The van der Waals surface area contributed by atoms with Crippen molar-refractivity contribution in [2.24, 2.45) is 0 Å². The molecule has 0 N–H and O–H groups in total. The van der Waals surface area contributed by atoms with Crippen LogP contribution in [0.1, 0.15) is 55.6 Å². The Bertz CT molecular complexity index is 1720. The van der Waals surface area contributed by atoms with Crippen molar-refractivity contribution in [3.05, 3.63) is 213 Å². The lowest BCUT2D eigenvalue weighted by Crippen LogP contribution is -1.77. The summed E-state index contributed by atoms with van der Waals surface area (Å²) < 4.78 is 0. The minimum Gasteiger partial charge on any atom is -0.0622 e. The number of aryl methyl sites for hydroxylation is 2. The van der Waals surface area contributed by atoms with Crippen LogP contribution in [0.2, 0.25) is 0 Å². The van der Waals surface area contributed by atoms with E-state index in [0.29, 0.717) is 0 Å². The van der Waals surface area contributed by atoms with Crippen LogP contribution in [0.15, 0.2) is 158 Å². The largest absolute Gasteiger partial charge is 0.0622 e. The lowest BCUT2D eigenvalue weighted by molar-refractivity contribution is 1.46. The molecular weight excluding hydrogens is 553 g/mol. The highest BCUT2D eigenvalue weighted by atomic mass is 14.0. The molecule has 0 unspecified atom stereocenters. The first kappa shape index (κ1) is 31.7. The molecule has 0 radical (unpaired) electrons. The van der Waals surface area contributed by atoms with E-state index in [0.717, 1.165) is 0 Å². The van der Waals surface area contributed by atoms with Crippen LogP contribution in [0.25, 0.3) is 48.6 Å². The highest BCUT2D eigenvalue weighted by Gasteiger charge is 1.93. The van der Waals surface area contributed by atoms with Gasteiger partial charge in [-0.2, -0.15) is 0 Å². The second-order valence-electron chi connectivity index (χ2n) is 11.3. The maximum absolute atomic E-state index is 2.15. The van der Waals surface area contributed by atoms with E-state index in [1.165, 1.54) is 55.6 Å². The van der Waals surface area contributed by atoms with E-state index in [4.69, 9.17) is 0 Å². The first-order chi connectivity index (χ1) is 22.6. The summed E-state index contributed by atoms with van der Waals surface area (Å²) in [5.41, 5.74) is 12.3. The van der Waals surface area contributed by atoms with Crippen molar-refractivity contribution in [3.8, 4) is 0 Å². The quantitative estimate of drug-likeness (QED) is 0.154. The van der Waals surface area contributed by atoms with Crippen LogP contribution in [0.4, 0.5) is 0 Å². The zero-order chi connectivity index (χ0) is 31.8. The smallest absolute Gasteiger partial charge is 0.0256 e. The molecule has 0 fully saturated rings. The molecule has 0 nitrogen and oxygen atoms in total.